The Labute approximate surface area is 573 Å². The quantitative estimate of drug-likeness (QED) is 0.0264. The average molecular weight is 1310 g/mol. The topological polar surface area (TPSA) is 134 Å². The molecule has 0 radical (unpaired) electrons. The van der Waals surface area contributed by atoms with Crippen LogP contribution < -0.4 is 5.73 Å². The van der Waals surface area contributed by atoms with Crippen molar-refractivity contribution in [3.05, 3.63) is 146 Å². The Morgan fingerprint density at radius 2 is 0.591 bits per heavy atom. The third-order valence-electron chi connectivity index (χ3n) is 16.2. The lowest BCUT2D eigenvalue weighted by atomic mass is 10.0. The van der Waals surface area contributed by atoms with E-state index in [0.717, 1.165) is 128 Å². The smallest absolute Gasteiger partial charge is 0.462 e. The second-order valence-electron chi connectivity index (χ2n) is 25.1. The molecule has 0 saturated heterocycles. The number of allylic oxidation sites excluding steroid dienone is 24. The van der Waals surface area contributed by atoms with E-state index in [2.05, 4.69) is 160 Å². The summed E-state index contributed by atoms with van der Waals surface area (Å²) in [6, 6.07) is 0. The highest BCUT2D eigenvalue weighted by atomic mass is 31.2. The molecule has 0 aromatic carbocycles. The summed E-state index contributed by atoms with van der Waals surface area (Å²) in [7, 11) is -4.41. The molecule has 0 aliphatic rings. The molecule has 0 spiro atoms. The third-order valence-corrected chi connectivity index (χ3v) is 17.2. The molecule has 3 N–H and O–H groups in total. The molecule has 0 aliphatic carbocycles. The molecule has 0 fully saturated rings. The maximum atomic E-state index is 12.8. The van der Waals surface area contributed by atoms with Crippen LogP contribution in [0.15, 0.2) is 146 Å². The predicted octanol–water partition coefficient (Wildman–Crippen LogP) is 25.8. The molecule has 0 aliphatic heterocycles. The van der Waals surface area contributed by atoms with E-state index in [9.17, 15) is 19.0 Å². The number of esters is 2. The molecular formula is C83H142NO8P. The van der Waals surface area contributed by atoms with E-state index >= 15 is 0 Å². The van der Waals surface area contributed by atoms with Crippen molar-refractivity contribution in [2.75, 3.05) is 26.4 Å². The van der Waals surface area contributed by atoms with Crippen molar-refractivity contribution in [2.45, 2.75) is 341 Å². The number of hydrogen-bond acceptors (Lipinski definition) is 8. The number of nitrogens with two attached hydrogens (primary N) is 1. The molecule has 0 aromatic rings. The summed E-state index contributed by atoms with van der Waals surface area (Å²) in [6.45, 7) is 3.63. The van der Waals surface area contributed by atoms with Crippen molar-refractivity contribution in [1.82, 2.24) is 0 Å². The first kappa shape index (κ1) is 88.9. The van der Waals surface area contributed by atoms with Gasteiger partial charge in [0.1, 0.15) is 6.61 Å². The minimum Gasteiger partial charge on any atom is -0.462 e. The highest BCUT2D eigenvalue weighted by Crippen LogP contribution is 2.43. The highest BCUT2D eigenvalue weighted by molar-refractivity contribution is 7.47. The first-order chi connectivity index (χ1) is 45.8. The van der Waals surface area contributed by atoms with Crippen molar-refractivity contribution < 1.29 is 37.6 Å². The van der Waals surface area contributed by atoms with E-state index in [4.69, 9.17) is 24.3 Å². The summed E-state index contributed by atoms with van der Waals surface area (Å²) >= 11 is 0. The lowest BCUT2D eigenvalue weighted by Gasteiger charge is -2.19. The maximum Gasteiger partial charge on any atom is 0.472 e. The number of hydrogen-bond donors (Lipinski definition) is 2. The molecule has 10 heteroatoms. The molecule has 0 heterocycles. The summed E-state index contributed by atoms with van der Waals surface area (Å²) in [5.74, 6) is -0.841. The Morgan fingerprint density at radius 1 is 0.333 bits per heavy atom. The number of phosphoric ester groups is 1. The second kappa shape index (κ2) is 76.9. The Balaban J connectivity index is 3.91. The highest BCUT2D eigenvalue weighted by Gasteiger charge is 2.26. The Morgan fingerprint density at radius 3 is 0.882 bits per heavy atom. The third kappa shape index (κ3) is 76.8. The zero-order valence-electron chi connectivity index (χ0n) is 59.9. The van der Waals surface area contributed by atoms with Crippen molar-refractivity contribution in [1.29, 1.82) is 0 Å². The first-order valence-electron chi connectivity index (χ1n) is 38.3. The fourth-order valence-corrected chi connectivity index (χ4v) is 11.3. The Hall–Kier alpha value is -4.11. The van der Waals surface area contributed by atoms with Gasteiger partial charge in [0.2, 0.25) is 0 Å². The minimum absolute atomic E-state index is 0.0451. The van der Waals surface area contributed by atoms with Gasteiger partial charge in [0.15, 0.2) is 6.10 Å². The predicted molar refractivity (Wildman–Crippen MR) is 404 cm³/mol. The summed E-state index contributed by atoms with van der Waals surface area (Å²) in [5, 5.41) is 0. The Bertz CT molecular complexity index is 2040. The van der Waals surface area contributed by atoms with Gasteiger partial charge in [0.25, 0.3) is 0 Å². The summed E-state index contributed by atoms with van der Waals surface area (Å²) in [4.78, 5) is 35.4. The van der Waals surface area contributed by atoms with Gasteiger partial charge in [-0.25, -0.2) is 4.57 Å². The Kier molecular flexibility index (Phi) is 73.5. The molecule has 0 rings (SSSR count). The van der Waals surface area contributed by atoms with E-state index in [0.29, 0.717) is 6.42 Å². The number of carbonyl (C=O) groups excluding carboxylic acids is 2. The van der Waals surface area contributed by atoms with Crippen molar-refractivity contribution >= 4 is 19.8 Å². The van der Waals surface area contributed by atoms with Crippen LogP contribution in [0.2, 0.25) is 0 Å². The molecule has 0 bridgehead atoms. The molecule has 93 heavy (non-hydrogen) atoms. The lowest BCUT2D eigenvalue weighted by Crippen LogP contribution is -2.29. The van der Waals surface area contributed by atoms with Crippen LogP contribution in [0, 0.1) is 0 Å². The maximum absolute atomic E-state index is 12.8. The average Bonchev–Trinajstić information content (AvgIpc) is 3.04. The molecule has 9 nitrogen and oxygen atoms in total. The van der Waals surface area contributed by atoms with E-state index in [1.807, 2.05) is 0 Å². The molecule has 0 amide bonds. The zero-order valence-corrected chi connectivity index (χ0v) is 60.8. The zero-order chi connectivity index (χ0) is 67.2. The van der Waals surface area contributed by atoms with E-state index in [-0.39, 0.29) is 38.6 Å². The van der Waals surface area contributed by atoms with Crippen LogP contribution in [0.25, 0.3) is 0 Å². The molecule has 0 aromatic heterocycles. The standard InChI is InChI=1S/C83H142NO8P/c1-3-5-7-9-11-13-15-17-19-21-23-25-27-29-31-33-35-37-39-40-42-44-46-48-50-52-54-56-58-60-62-64-66-68-70-72-74-76-83(86)92-81(80-91-93(87,88)90-78-77-84)79-89-82(85)75-73-71-69-67-65-63-61-59-57-55-53-51-49-47-45-43-41-38-36-34-32-30-28-26-24-22-20-18-16-14-12-10-8-6-4-2/h5,7,11,13,16-19,22-25,29,31,35,37,40,42,46,48,52,54,58,60,81H,3-4,6,8-10,12,14-15,20-21,26-28,30,32-34,36,38-39,41,43-45,47,49-51,53,55-57,59,61-80,84H2,1-2H3,(H,87,88)/b7-5-,13-11-,18-16-,19-17-,24-22-,25-23-,31-29-,37-35-,42-40-,48-46-,54-52-,60-58-. The van der Waals surface area contributed by atoms with Gasteiger partial charge in [-0.1, -0.05) is 346 Å². The molecule has 2 unspecified atom stereocenters. The summed E-state index contributed by atoms with van der Waals surface area (Å²) in [6.07, 6.45) is 111. The number of rotatable bonds is 71. The van der Waals surface area contributed by atoms with Crippen LogP contribution in [0.5, 0.6) is 0 Å². The molecular weight excluding hydrogens is 1170 g/mol. The summed E-state index contributed by atoms with van der Waals surface area (Å²) in [5.41, 5.74) is 5.41. The van der Waals surface area contributed by atoms with E-state index < -0.39 is 26.5 Å². The van der Waals surface area contributed by atoms with Crippen LogP contribution in [0.3, 0.4) is 0 Å². The fourth-order valence-electron chi connectivity index (χ4n) is 10.6. The van der Waals surface area contributed by atoms with Gasteiger partial charge in [0.05, 0.1) is 13.2 Å². The number of carbonyl (C=O) groups is 2. The molecule has 532 valence electrons. The van der Waals surface area contributed by atoms with Crippen LogP contribution in [0.1, 0.15) is 335 Å². The number of unbranched alkanes of at least 4 members (excludes halogenated alkanes) is 34. The summed E-state index contributed by atoms with van der Waals surface area (Å²) < 4.78 is 33.2. The number of ether oxygens (including phenoxy) is 2. The van der Waals surface area contributed by atoms with Gasteiger partial charge in [-0.2, -0.15) is 0 Å². The normalized spacial score (nSPS) is 13.7. The largest absolute Gasteiger partial charge is 0.472 e. The van der Waals surface area contributed by atoms with Gasteiger partial charge in [0, 0.05) is 19.4 Å². The van der Waals surface area contributed by atoms with Crippen LogP contribution in [-0.2, 0) is 32.7 Å². The van der Waals surface area contributed by atoms with Crippen LogP contribution in [0.4, 0.5) is 0 Å². The SMILES string of the molecule is CC/C=C\C/C=C\C/C=C\C/C=C\C/C=C\C/C=C\C/C=C\C/C=C\C/C=C\C/C=C\CCCCCCCCC(=O)OC(COC(=O)CCCCCCCCCCCCCCCCCCCCCCCCC/C=C\C/C=C\CCCCCCC)COP(=O)(O)OCCN. The van der Waals surface area contributed by atoms with Crippen molar-refractivity contribution in [2.24, 2.45) is 5.73 Å². The van der Waals surface area contributed by atoms with Gasteiger partial charge in [-0.3, -0.25) is 18.6 Å². The first-order valence-corrected chi connectivity index (χ1v) is 39.8. The number of phosphoric acid groups is 1. The monoisotopic (exact) mass is 1310 g/mol. The molecule has 2 atom stereocenters. The van der Waals surface area contributed by atoms with E-state index in [1.165, 1.54) is 173 Å². The lowest BCUT2D eigenvalue weighted by molar-refractivity contribution is -0.161. The van der Waals surface area contributed by atoms with Gasteiger partial charge in [-0.15, -0.1) is 0 Å². The molecule has 0 saturated carbocycles. The van der Waals surface area contributed by atoms with Crippen LogP contribution >= 0.6 is 7.82 Å². The van der Waals surface area contributed by atoms with Crippen LogP contribution in [-0.4, -0.2) is 49.3 Å². The second-order valence-corrected chi connectivity index (χ2v) is 26.6. The van der Waals surface area contributed by atoms with Gasteiger partial charge < -0.3 is 20.1 Å². The van der Waals surface area contributed by atoms with Gasteiger partial charge in [-0.05, 0) is 122 Å². The van der Waals surface area contributed by atoms with Crippen molar-refractivity contribution in [3.8, 4) is 0 Å². The van der Waals surface area contributed by atoms with Gasteiger partial charge >= 0.3 is 19.8 Å². The fraction of sp³-hybridized carbons (Fsp3) is 0.687. The van der Waals surface area contributed by atoms with E-state index in [1.54, 1.807) is 0 Å². The van der Waals surface area contributed by atoms with Crippen molar-refractivity contribution in [3.63, 3.8) is 0 Å². The minimum atomic E-state index is -4.41.